The van der Waals surface area contributed by atoms with Crippen molar-refractivity contribution in [3.05, 3.63) is 46.1 Å². The molecule has 0 spiro atoms. The lowest BCUT2D eigenvalue weighted by Gasteiger charge is -2.12. The van der Waals surface area contributed by atoms with Gasteiger partial charge in [0.15, 0.2) is 17.4 Å². The van der Waals surface area contributed by atoms with Gasteiger partial charge in [0.25, 0.3) is 5.91 Å². The zero-order chi connectivity index (χ0) is 25.3. The Morgan fingerprint density at radius 2 is 1.85 bits per heavy atom. The summed E-state index contributed by atoms with van der Waals surface area (Å²) in [5, 5.41) is 14.8. The summed E-state index contributed by atoms with van der Waals surface area (Å²) < 4.78 is 80.6. The molecule has 3 rings (SSSR count). The molecule has 3 aromatic rings. The predicted molar refractivity (Wildman–Crippen MR) is 110 cm³/mol. The Morgan fingerprint density at radius 3 is 2.50 bits per heavy atom. The molecule has 0 unspecified atom stereocenters. The Balaban J connectivity index is 1.81. The first kappa shape index (κ1) is 25.0. The fraction of sp³-hybridized carbons (Fsp3) is 0.263. The van der Waals surface area contributed by atoms with E-state index >= 15 is 0 Å². The van der Waals surface area contributed by atoms with Crippen LogP contribution in [0.4, 0.5) is 43.0 Å². The van der Waals surface area contributed by atoms with Gasteiger partial charge in [0.2, 0.25) is 0 Å². The van der Waals surface area contributed by atoms with Gasteiger partial charge in [-0.05, 0) is 25.5 Å². The number of anilines is 3. The first-order chi connectivity index (χ1) is 15.7. The molecule has 0 aliphatic heterocycles. The van der Waals surface area contributed by atoms with E-state index in [4.69, 9.17) is 0 Å². The number of amides is 1. The quantitative estimate of drug-likeness (QED) is 0.393. The lowest BCUT2D eigenvalue weighted by atomic mass is 10.1. The Labute approximate surface area is 191 Å². The van der Waals surface area contributed by atoms with Gasteiger partial charge in [-0.15, -0.1) is 0 Å². The van der Waals surface area contributed by atoms with Gasteiger partial charge in [-0.3, -0.25) is 4.79 Å². The number of nitrogens with one attached hydrogen (secondary N) is 2. The van der Waals surface area contributed by atoms with E-state index in [2.05, 4.69) is 30.3 Å². The monoisotopic (exact) mass is 507 g/mol. The van der Waals surface area contributed by atoms with Gasteiger partial charge in [-0.2, -0.15) is 36.3 Å². The van der Waals surface area contributed by atoms with Crippen LogP contribution in [0.2, 0.25) is 0 Å². The molecule has 1 aromatic carbocycles. The van der Waals surface area contributed by atoms with Crippen LogP contribution in [-0.2, 0) is 6.18 Å². The third-order valence-electron chi connectivity index (χ3n) is 4.21. The summed E-state index contributed by atoms with van der Waals surface area (Å²) in [7, 11) is 0. The van der Waals surface area contributed by atoms with E-state index in [1.54, 1.807) is 19.9 Å². The maximum atomic E-state index is 13.1. The number of rotatable bonds is 6. The number of thiazole rings is 1. The molecule has 2 heterocycles. The lowest BCUT2D eigenvalue weighted by Crippen LogP contribution is -2.21. The van der Waals surface area contributed by atoms with Crippen molar-refractivity contribution in [2.24, 2.45) is 0 Å². The number of phenols is 1. The highest BCUT2D eigenvalue weighted by atomic mass is 32.1. The second-order valence-corrected chi connectivity index (χ2v) is 7.86. The third-order valence-corrected chi connectivity index (χ3v) is 5.12. The number of aromatic hydroxyl groups is 1. The van der Waals surface area contributed by atoms with Crippen LogP contribution >= 0.6 is 11.3 Å². The van der Waals surface area contributed by atoms with Crippen molar-refractivity contribution < 1.29 is 41.0 Å². The van der Waals surface area contributed by atoms with Gasteiger partial charge >= 0.3 is 18.4 Å². The van der Waals surface area contributed by atoms with Crippen molar-refractivity contribution in [1.29, 1.82) is 0 Å². The predicted octanol–water partition coefficient (Wildman–Crippen LogP) is 5.21. The van der Waals surface area contributed by atoms with E-state index in [0.29, 0.717) is 22.9 Å². The molecule has 0 aliphatic carbocycles. The second kappa shape index (κ2) is 9.32. The molecule has 3 N–H and O–H groups in total. The van der Waals surface area contributed by atoms with Crippen LogP contribution in [0.3, 0.4) is 0 Å². The number of hydrogen-bond donors (Lipinski definition) is 3. The number of aryl methyl sites for hydroxylation is 1. The fourth-order valence-corrected chi connectivity index (χ4v) is 3.31. The lowest BCUT2D eigenvalue weighted by molar-refractivity contribution is -0.155. The Bertz CT molecular complexity index is 1210. The Kier molecular flexibility index (Phi) is 6.86. The Morgan fingerprint density at radius 1 is 1.15 bits per heavy atom. The minimum absolute atomic E-state index is 0.0275. The van der Waals surface area contributed by atoms with E-state index in [-0.39, 0.29) is 15.8 Å². The van der Waals surface area contributed by atoms with Crippen LogP contribution in [0.15, 0.2) is 24.4 Å². The summed E-state index contributed by atoms with van der Waals surface area (Å²) in [6.45, 7) is 1.43. The van der Waals surface area contributed by atoms with Crippen molar-refractivity contribution in [2.75, 3.05) is 17.2 Å². The average molecular weight is 507 g/mol. The number of halogens is 6. The molecule has 0 bridgehead atoms. The van der Waals surface area contributed by atoms with Crippen molar-refractivity contribution in [3.63, 3.8) is 0 Å². The summed E-state index contributed by atoms with van der Waals surface area (Å²) in [4.78, 5) is 22.9. The van der Waals surface area contributed by atoms with Crippen LogP contribution in [0.5, 0.6) is 11.8 Å². The number of phenolic OH excluding ortho intramolecular Hbond substituents is 1. The molecular weight excluding hydrogens is 492 g/mol. The highest BCUT2D eigenvalue weighted by Gasteiger charge is 2.35. The molecule has 15 heteroatoms. The number of benzene rings is 1. The van der Waals surface area contributed by atoms with Gasteiger partial charge in [0, 0.05) is 11.6 Å². The van der Waals surface area contributed by atoms with E-state index in [0.717, 1.165) is 17.5 Å². The molecule has 0 fully saturated rings. The zero-order valence-corrected chi connectivity index (χ0v) is 18.1. The maximum Gasteiger partial charge on any atom is 0.433 e. The minimum atomic E-state index is -4.99. The van der Waals surface area contributed by atoms with Crippen molar-refractivity contribution in [3.8, 4) is 11.8 Å². The number of carbonyl (C=O) groups is 1. The number of alkyl halides is 6. The molecule has 0 radical (unpaired) electrons. The Hall–Kier alpha value is -3.62. The van der Waals surface area contributed by atoms with Gasteiger partial charge < -0.3 is 20.5 Å². The first-order valence-corrected chi connectivity index (χ1v) is 10.0. The van der Waals surface area contributed by atoms with Crippen LogP contribution in [0.25, 0.3) is 0 Å². The fourth-order valence-electron chi connectivity index (χ4n) is 2.60. The minimum Gasteiger partial charge on any atom is -0.508 e. The van der Waals surface area contributed by atoms with Crippen LogP contribution in [-0.4, -0.2) is 38.7 Å². The van der Waals surface area contributed by atoms with E-state index in [1.165, 1.54) is 6.07 Å². The molecule has 0 atom stereocenters. The van der Waals surface area contributed by atoms with E-state index in [9.17, 15) is 36.2 Å². The highest BCUT2D eigenvalue weighted by molar-refractivity contribution is 7.17. The SMILES string of the molecule is Cc1ccc(O)c(C)c1NC(=O)c1cnc(Nc2cc(C(F)(F)F)nc(OCC(F)(F)F)n2)s1. The summed E-state index contributed by atoms with van der Waals surface area (Å²) in [6, 6.07) is 2.39. The summed E-state index contributed by atoms with van der Waals surface area (Å²) in [5.41, 5.74) is -0.0432. The van der Waals surface area contributed by atoms with Crippen LogP contribution < -0.4 is 15.4 Å². The van der Waals surface area contributed by atoms with Crippen molar-refractivity contribution in [2.45, 2.75) is 26.2 Å². The molecular formula is C19H15F6N5O3S. The third kappa shape index (κ3) is 6.24. The van der Waals surface area contributed by atoms with Gasteiger partial charge in [-0.1, -0.05) is 17.4 Å². The summed E-state index contributed by atoms with van der Waals surface area (Å²) >= 11 is 0.749. The van der Waals surface area contributed by atoms with Gasteiger partial charge in [-0.25, -0.2) is 4.98 Å². The largest absolute Gasteiger partial charge is 0.508 e. The zero-order valence-electron chi connectivity index (χ0n) is 17.3. The van der Waals surface area contributed by atoms with Crippen molar-refractivity contribution in [1.82, 2.24) is 15.0 Å². The first-order valence-electron chi connectivity index (χ1n) is 9.22. The van der Waals surface area contributed by atoms with E-state index < -0.39 is 42.4 Å². The highest BCUT2D eigenvalue weighted by Crippen LogP contribution is 2.33. The summed E-state index contributed by atoms with van der Waals surface area (Å²) in [6.07, 6.45) is -8.65. The smallest absolute Gasteiger partial charge is 0.433 e. The van der Waals surface area contributed by atoms with Gasteiger partial charge in [0.05, 0.1) is 11.9 Å². The molecule has 182 valence electrons. The maximum absolute atomic E-state index is 13.1. The number of ether oxygens (including phenoxy) is 1. The van der Waals surface area contributed by atoms with E-state index in [1.807, 2.05) is 0 Å². The van der Waals surface area contributed by atoms with Crippen molar-refractivity contribution >= 4 is 33.9 Å². The molecule has 8 nitrogen and oxygen atoms in total. The molecule has 0 saturated heterocycles. The molecule has 34 heavy (non-hydrogen) atoms. The second-order valence-electron chi connectivity index (χ2n) is 6.83. The van der Waals surface area contributed by atoms with Crippen LogP contribution in [0, 0.1) is 13.8 Å². The number of carbonyl (C=O) groups excluding carboxylic acids is 1. The molecule has 1 amide bonds. The molecule has 0 aliphatic rings. The topological polar surface area (TPSA) is 109 Å². The average Bonchev–Trinajstić information content (AvgIpc) is 3.19. The van der Waals surface area contributed by atoms with Crippen LogP contribution in [0.1, 0.15) is 26.5 Å². The number of hydrogen-bond acceptors (Lipinski definition) is 8. The summed E-state index contributed by atoms with van der Waals surface area (Å²) in [5.74, 6) is -1.17. The number of nitrogens with zero attached hydrogens (tertiary/aromatic N) is 3. The normalized spacial score (nSPS) is 11.9. The number of aromatic nitrogens is 3. The standard InChI is InChI=1S/C19H15F6N5O3S/c1-8-3-4-10(31)9(2)14(8)30-15(32)11-6-26-17(34-11)29-13-5-12(19(23,24)25)27-16(28-13)33-7-18(20,21)22/h3-6,31H,7H2,1-2H3,(H,30,32)(H,26,27,28,29). The molecule has 0 saturated carbocycles. The van der Waals surface area contributed by atoms with Gasteiger partial charge in [0.1, 0.15) is 16.4 Å². The molecule has 2 aromatic heterocycles.